The van der Waals surface area contributed by atoms with Crippen molar-refractivity contribution in [3.63, 3.8) is 0 Å². The highest BCUT2D eigenvalue weighted by Crippen LogP contribution is 2.19. The number of unbranched alkanes of at least 4 members (excludes halogenated alkanes) is 15. The summed E-state index contributed by atoms with van der Waals surface area (Å²) in [6.07, 6.45) is 21.7. The molecular weight excluding hydrogens is 404 g/mol. The summed E-state index contributed by atoms with van der Waals surface area (Å²) in [6.45, 7) is 2.95. The van der Waals surface area contributed by atoms with E-state index in [0.717, 1.165) is 6.42 Å². The number of halogens is 1. The van der Waals surface area contributed by atoms with Gasteiger partial charge in [0.25, 0.3) is 9.05 Å². The monoisotopic (exact) mass is 444 g/mol. The molecule has 0 aliphatic rings. The smallest absolute Gasteiger partial charge is 0.261 e. The van der Waals surface area contributed by atoms with Gasteiger partial charge in [-0.15, -0.1) is 0 Å². The first-order valence-electron chi connectivity index (χ1n) is 11.7. The van der Waals surface area contributed by atoms with E-state index in [9.17, 15) is 8.42 Å². The number of rotatable bonds is 19. The molecule has 29 heavy (non-hydrogen) atoms. The Morgan fingerprint density at radius 1 is 0.655 bits per heavy atom. The minimum atomic E-state index is -3.66. The second-order valence-electron chi connectivity index (χ2n) is 8.06. The van der Waals surface area contributed by atoms with Gasteiger partial charge >= 0.3 is 0 Å². The van der Waals surface area contributed by atoms with Crippen LogP contribution in [0.3, 0.4) is 0 Å². The van der Waals surface area contributed by atoms with Crippen molar-refractivity contribution in [2.75, 3.05) is 6.61 Å². The summed E-state index contributed by atoms with van der Waals surface area (Å²) in [6, 6.07) is 6.26. The lowest BCUT2D eigenvalue weighted by molar-refractivity contribution is 0.304. The second-order valence-corrected chi connectivity index (χ2v) is 10.6. The van der Waals surface area contributed by atoms with Gasteiger partial charge in [0.05, 0.1) is 11.5 Å². The van der Waals surface area contributed by atoms with Crippen LogP contribution in [0.2, 0.25) is 0 Å². The molecule has 0 aliphatic heterocycles. The average molecular weight is 445 g/mol. The van der Waals surface area contributed by atoms with Gasteiger partial charge in [0.1, 0.15) is 5.75 Å². The minimum absolute atomic E-state index is 0.105. The molecule has 0 atom stereocenters. The molecule has 0 aromatic heterocycles. The molecule has 168 valence electrons. The van der Waals surface area contributed by atoms with Crippen molar-refractivity contribution in [2.24, 2.45) is 0 Å². The highest BCUT2D eigenvalue weighted by molar-refractivity contribution is 8.13. The fraction of sp³-hybridized carbons (Fsp3) is 0.750. The van der Waals surface area contributed by atoms with Crippen LogP contribution in [0.15, 0.2) is 29.2 Å². The first kappa shape index (κ1) is 26.3. The van der Waals surface area contributed by atoms with Crippen molar-refractivity contribution < 1.29 is 13.2 Å². The molecule has 0 bridgehead atoms. The maximum atomic E-state index is 11.2. The Labute approximate surface area is 184 Å². The highest BCUT2D eigenvalue weighted by atomic mass is 35.7. The van der Waals surface area contributed by atoms with Crippen molar-refractivity contribution in [3.8, 4) is 5.75 Å². The Morgan fingerprint density at radius 3 is 1.41 bits per heavy atom. The number of hydrogen-bond acceptors (Lipinski definition) is 3. The van der Waals surface area contributed by atoms with Gasteiger partial charge in [-0.2, -0.15) is 0 Å². The quantitative estimate of drug-likeness (QED) is 0.159. The van der Waals surface area contributed by atoms with E-state index in [1.165, 1.54) is 108 Å². The lowest BCUT2D eigenvalue weighted by Gasteiger charge is -2.07. The predicted molar refractivity (Wildman–Crippen MR) is 125 cm³/mol. The van der Waals surface area contributed by atoms with E-state index in [1.54, 1.807) is 12.1 Å². The molecule has 0 fully saturated rings. The van der Waals surface area contributed by atoms with E-state index in [4.69, 9.17) is 15.4 Å². The molecule has 5 heteroatoms. The Bertz CT molecular complexity index is 599. The lowest BCUT2D eigenvalue weighted by atomic mass is 10.0. The zero-order chi connectivity index (χ0) is 21.2. The van der Waals surface area contributed by atoms with Crippen LogP contribution in [-0.4, -0.2) is 15.0 Å². The lowest BCUT2D eigenvalue weighted by Crippen LogP contribution is -1.98. The fourth-order valence-corrected chi connectivity index (χ4v) is 4.31. The molecule has 1 aromatic rings. The van der Waals surface area contributed by atoms with Crippen LogP contribution < -0.4 is 4.74 Å². The summed E-state index contributed by atoms with van der Waals surface area (Å²) in [5.74, 6) is 0.690. The molecule has 0 N–H and O–H groups in total. The molecule has 0 aliphatic carbocycles. The molecule has 1 aromatic carbocycles. The molecule has 0 radical (unpaired) electrons. The van der Waals surface area contributed by atoms with Crippen molar-refractivity contribution >= 4 is 19.7 Å². The molecule has 1 rings (SSSR count). The largest absolute Gasteiger partial charge is 0.494 e. The third kappa shape index (κ3) is 14.8. The molecule has 0 heterocycles. The zero-order valence-electron chi connectivity index (χ0n) is 18.3. The van der Waals surface area contributed by atoms with E-state index in [2.05, 4.69) is 6.92 Å². The van der Waals surface area contributed by atoms with Crippen molar-refractivity contribution in [1.82, 2.24) is 0 Å². The summed E-state index contributed by atoms with van der Waals surface area (Å²) in [7, 11) is 1.64. The summed E-state index contributed by atoms with van der Waals surface area (Å²) in [5.41, 5.74) is 0. The summed E-state index contributed by atoms with van der Waals surface area (Å²) in [4.78, 5) is 0.105. The Hall–Kier alpha value is -0.740. The molecule has 0 spiro atoms. The maximum Gasteiger partial charge on any atom is 0.261 e. The molecule has 0 amide bonds. The molecule has 0 saturated heterocycles. The molecule has 0 saturated carbocycles. The van der Waals surface area contributed by atoms with Crippen LogP contribution in [0.1, 0.15) is 110 Å². The fourth-order valence-electron chi connectivity index (χ4n) is 3.54. The molecule has 0 unspecified atom stereocenters. The third-order valence-electron chi connectivity index (χ3n) is 5.37. The predicted octanol–water partition coefficient (Wildman–Crippen LogP) is 8.25. The van der Waals surface area contributed by atoms with Crippen LogP contribution in [0.25, 0.3) is 0 Å². The first-order chi connectivity index (χ1) is 14.0. The van der Waals surface area contributed by atoms with Gasteiger partial charge in [0.2, 0.25) is 0 Å². The topological polar surface area (TPSA) is 43.4 Å². The van der Waals surface area contributed by atoms with Crippen LogP contribution in [0.4, 0.5) is 0 Å². The summed E-state index contributed by atoms with van der Waals surface area (Å²) < 4.78 is 28.0. The first-order valence-corrected chi connectivity index (χ1v) is 14.0. The van der Waals surface area contributed by atoms with Crippen LogP contribution >= 0.6 is 10.7 Å². The number of hydrogen-bond donors (Lipinski definition) is 0. The van der Waals surface area contributed by atoms with E-state index in [0.29, 0.717) is 12.4 Å². The summed E-state index contributed by atoms with van der Waals surface area (Å²) in [5, 5.41) is 0. The SMILES string of the molecule is CCCCCCCCCCCCCCCCCCOc1ccc(S(=O)(=O)Cl)cc1. The zero-order valence-corrected chi connectivity index (χ0v) is 19.9. The van der Waals surface area contributed by atoms with E-state index >= 15 is 0 Å². The van der Waals surface area contributed by atoms with E-state index in [1.807, 2.05) is 0 Å². The van der Waals surface area contributed by atoms with Gasteiger partial charge in [0, 0.05) is 10.7 Å². The van der Waals surface area contributed by atoms with Gasteiger partial charge in [-0.05, 0) is 30.7 Å². The molecule has 3 nitrogen and oxygen atoms in total. The van der Waals surface area contributed by atoms with Crippen molar-refractivity contribution in [3.05, 3.63) is 24.3 Å². The van der Waals surface area contributed by atoms with Crippen LogP contribution in [0.5, 0.6) is 5.75 Å². The van der Waals surface area contributed by atoms with Gasteiger partial charge in [-0.1, -0.05) is 103 Å². The van der Waals surface area contributed by atoms with Crippen molar-refractivity contribution in [2.45, 2.75) is 115 Å². The average Bonchev–Trinajstić information content (AvgIpc) is 2.70. The molecular formula is C24H41ClO3S. The Balaban J connectivity index is 1.83. The maximum absolute atomic E-state index is 11.2. The summed E-state index contributed by atoms with van der Waals surface area (Å²) >= 11 is 0. The number of benzene rings is 1. The Morgan fingerprint density at radius 2 is 1.03 bits per heavy atom. The number of ether oxygens (including phenoxy) is 1. The third-order valence-corrected chi connectivity index (χ3v) is 6.74. The normalized spacial score (nSPS) is 11.7. The standard InChI is InChI=1S/C24H41ClO3S/c1-2-3-4-5-6-7-8-9-10-11-12-13-14-15-16-17-22-28-23-18-20-24(21-19-23)29(25,26)27/h18-21H,2-17,22H2,1H3. The second kappa shape index (κ2) is 17.0. The Kier molecular flexibility index (Phi) is 15.4. The van der Waals surface area contributed by atoms with Gasteiger partial charge in [-0.25, -0.2) is 8.42 Å². The van der Waals surface area contributed by atoms with Gasteiger partial charge in [-0.3, -0.25) is 0 Å². The van der Waals surface area contributed by atoms with E-state index < -0.39 is 9.05 Å². The van der Waals surface area contributed by atoms with Crippen molar-refractivity contribution in [1.29, 1.82) is 0 Å². The minimum Gasteiger partial charge on any atom is -0.494 e. The van der Waals surface area contributed by atoms with Crippen LogP contribution in [-0.2, 0) is 9.05 Å². The van der Waals surface area contributed by atoms with Gasteiger partial charge < -0.3 is 4.74 Å². The highest BCUT2D eigenvalue weighted by Gasteiger charge is 2.09. The van der Waals surface area contributed by atoms with Gasteiger partial charge in [0.15, 0.2) is 0 Å². The van der Waals surface area contributed by atoms with Crippen LogP contribution in [0, 0.1) is 0 Å². The van der Waals surface area contributed by atoms with E-state index in [-0.39, 0.29) is 4.90 Å².